The number of imidazole rings is 1. The Labute approximate surface area is 307 Å². The van der Waals surface area contributed by atoms with Gasteiger partial charge in [0.25, 0.3) is 0 Å². The highest BCUT2D eigenvalue weighted by molar-refractivity contribution is 5.91. The molecule has 13 nitrogen and oxygen atoms in total. The van der Waals surface area contributed by atoms with Crippen molar-refractivity contribution in [3.05, 3.63) is 36.3 Å². The van der Waals surface area contributed by atoms with E-state index >= 15 is 0 Å². The van der Waals surface area contributed by atoms with E-state index < -0.39 is 11.9 Å². The Balaban J connectivity index is 1.31. The van der Waals surface area contributed by atoms with Gasteiger partial charge in [0.05, 0.1) is 50.0 Å². The minimum absolute atomic E-state index is 0.0600. The van der Waals surface area contributed by atoms with E-state index in [1.807, 2.05) is 7.05 Å². The number of alkyl halides is 3. The molecule has 1 aliphatic heterocycles. The molecule has 6 rings (SSSR count). The molecule has 286 valence electrons. The number of aromatic nitrogens is 6. The molecule has 1 saturated carbocycles. The maximum absolute atomic E-state index is 14.0. The summed E-state index contributed by atoms with van der Waals surface area (Å²) in [6.45, 7) is 10.3. The van der Waals surface area contributed by atoms with Crippen LogP contribution < -0.4 is 14.5 Å². The van der Waals surface area contributed by atoms with Crippen LogP contribution in [0.5, 0.6) is 5.88 Å². The average molecular weight is 740 g/mol. The number of fused-ring (bicyclic) bond motifs is 1. The number of piperazine rings is 1. The van der Waals surface area contributed by atoms with Crippen LogP contribution in [0.3, 0.4) is 0 Å². The van der Waals surface area contributed by atoms with Crippen LogP contribution in [-0.2, 0) is 20.4 Å². The zero-order valence-corrected chi connectivity index (χ0v) is 31.0. The van der Waals surface area contributed by atoms with Crippen molar-refractivity contribution in [3.63, 3.8) is 0 Å². The zero-order chi connectivity index (χ0) is 37.8. The number of halogens is 3. The fourth-order valence-electron chi connectivity index (χ4n) is 7.54. The summed E-state index contributed by atoms with van der Waals surface area (Å²) in [4.78, 5) is 44.5. The van der Waals surface area contributed by atoms with Gasteiger partial charge < -0.3 is 29.0 Å². The molecule has 0 spiro atoms. The Morgan fingerprint density at radius 2 is 1.83 bits per heavy atom. The highest BCUT2D eigenvalue weighted by atomic mass is 19.4. The van der Waals surface area contributed by atoms with Crippen LogP contribution in [0, 0.1) is 5.41 Å². The summed E-state index contributed by atoms with van der Waals surface area (Å²) in [7, 11) is 3.68. The topological polar surface area (TPSA) is 135 Å². The Bertz CT molecular complexity index is 1860. The van der Waals surface area contributed by atoms with Gasteiger partial charge in [0.1, 0.15) is 22.7 Å². The number of anilines is 2. The van der Waals surface area contributed by atoms with Gasteiger partial charge in [-0.25, -0.2) is 24.9 Å². The Morgan fingerprint density at radius 1 is 1.04 bits per heavy atom. The third-order valence-corrected chi connectivity index (χ3v) is 10.1. The van der Waals surface area contributed by atoms with Crippen LogP contribution in [0.25, 0.3) is 33.9 Å². The molecule has 0 amide bonds. The second-order valence-corrected chi connectivity index (χ2v) is 14.0. The van der Waals surface area contributed by atoms with Gasteiger partial charge in [0.2, 0.25) is 5.88 Å². The molecule has 1 saturated heterocycles. The fraction of sp³-hybridized carbons (Fsp3) is 0.568. The predicted molar refractivity (Wildman–Crippen MR) is 195 cm³/mol. The van der Waals surface area contributed by atoms with Crippen molar-refractivity contribution in [1.82, 2.24) is 34.8 Å². The van der Waals surface area contributed by atoms with Crippen LogP contribution in [0.15, 0.2) is 30.6 Å². The summed E-state index contributed by atoms with van der Waals surface area (Å²) in [6, 6.07) is 4.45. The summed E-state index contributed by atoms with van der Waals surface area (Å²) in [5.41, 5.74) is 1.57. The Kier molecular flexibility index (Phi) is 11.7. The molecule has 0 unspecified atom stereocenters. The summed E-state index contributed by atoms with van der Waals surface area (Å²) >= 11 is 0. The first-order chi connectivity index (χ1) is 25.4. The molecule has 2 fully saturated rings. The normalized spacial score (nSPS) is 17.7. The van der Waals surface area contributed by atoms with Crippen LogP contribution in [0.4, 0.5) is 24.7 Å². The van der Waals surface area contributed by atoms with E-state index in [9.17, 15) is 18.0 Å². The van der Waals surface area contributed by atoms with E-state index in [0.717, 1.165) is 62.9 Å². The second-order valence-electron chi connectivity index (χ2n) is 14.0. The summed E-state index contributed by atoms with van der Waals surface area (Å²) in [6.07, 6.45) is 3.31. The van der Waals surface area contributed by atoms with Gasteiger partial charge in [-0.15, -0.1) is 0 Å². The van der Waals surface area contributed by atoms with Crippen molar-refractivity contribution in [2.75, 3.05) is 76.5 Å². The lowest BCUT2D eigenvalue weighted by molar-refractivity contribution is -0.143. The molecule has 16 heteroatoms. The number of esters is 1. The standard InChI is InChI=1S/C37H48F3N9O4/c1-6-52-31-17-25(16-29(44-31)37(38,39)40)26-18-28(47(4)22-36(23-51-5)11-8-9-12-36)33-35(43-26)46-34(45-33)27-19-42-30(20-41-27)49-15-14-48(24(3)21-49)13-10-32(50)53-7-2/h16-20,24H,6-15,21-23H2,1-5H3,(H,43,45,46)/t24-/m1/s1. The van der Waals surface area contributed by atoms with E-state index in [1.165, 1.54) is 6.07 Å². The lowest BCUT2D eigenvalue weighted by atomic mass is 9.86. The van der Waals surface area contributed by atoms with Crippen molar-refractivity contribution in [2.45, 2.75) is 65.1 Å². The molecule has 53 heavy (non-hydrogen) atoms. The van der Waals surface area contributed by atoms with Crippen molar-refractivity contribution < 1.29 is 32.2 Å². The predicted octanol–water partition coefficient (Wildman–Crippen LogP) is 6.00. The minimum atomic E-state index is -4.68. The summed E-state index contributed by atoms with van der Waals surface area (Å²) in [5.74, 6) is 0.839. The molecule has 0 aromatic carbocycles. The van der Waals surface area contributed by atoms with Crippen molar-refractivity contribution in [2.24, 2.45) is 5.41 Å². The Morgan fingerprint density at radius 3 is 2.49 bits per heavy atom. The molecule has 0 bridgehead atoms. The van der Waals surface area contributed by atoms with Crippen LogP contribution >= 0.6 is 0 Å². The molecule has 2 aliphatic rings. The first-order valence-corrected chi connectivity index (χ1v) is 18.2. The molecule has 4 aromatic rings. The third-order valence-electron chi connectivity index (χ3n) is 10.1. The number of hydrogen-bond acceptors (Lipinski definition) is 12. The molecular formula is C37H48F3N9O4. The minimum Gasteiger partial charge on any atom is -0.478 e. The number of nitrogens with one attached hydrogen (secondary N) is 1. The fourth-order valence-corrected chi connectivity index (χ4v) is 7.54. The highest BCUT2D eigenvalue weighted by Crippen LogP contribution is 2.41. The second kappa shape index (κ2) is 16.2. The smallest absolute Gasteiger partial charge is 0.433 e. The molecule has 5 heterocycles. The van der Waals surface area contributed by atoms with E-state index in [4.69, 9.17) is 34.1 Å². The van der Waals surface area contributed by atoms with Crippen LogP contribution in [0.2, 0.25) is 0 Å². The molecule has 1 N–H and O–H groups in total. The lowest BCUT2D eigenvalue weighted by Gasteiger charge is -2.40. The first kappa shape index (κ1) is 38.2. The highest BCUT2D eigenvalue weighted by Gasteiger charge is 2.36. The Hall–Kier alpha value is -4.57. The SMILES string of the molecule is CCOC(=O)CCN1CCN(c2cnc(-c3nc4nc(-c5cc(OCC)nc(C(F)(F)F)c5)cc(N(C)CC5(COC)CCCC5)c4[nH]3)cn2)C[C@H]1C. The molecular weight excluding hydrogens is 691 g/mol. The molecule has 4 aromatic heterocycles. The molecule has 1 atom stereocenters. The number of carbonyl (C=O) groups excluding carboxylic acids is 1. The van der Waals surface area contributed by atoms with Crippen molar-refractivity contribution >= 4 is 28.6 Å². The number of rotatable bonds is 14. The van der Waals surface area contributed by atoms with Gasteiger partial charge >= 0.3 is 12.1 Å². The van der Waals surface area contributed by atoms with Gasteiger partial charge in [-0.2, -0.15) is 13.2 Å². The maximum Gasteiger partial charge on any atom is 0.433 e. The van der Waals surface area contributed by atoms with Gasteiger partial charge in [0.15, 0.2) is 11.5 Å². The van der Waals surface area contributed by atoms with Gasteiger partial charge in [-0.3, -0.25) is 9.69 Å². The van der Waals surface area contributed by atoms with Crippen molar-refractivity contribution in [3.8, 4) is 28.7 Å². The lowest BCUT2D eigenvalue weighted by Crippen LogP contribution is -2.52. The average Bonchev–Trinajstić information content (AvgIpc) is 3.78. The monoisotopic (exact) mass is 739 g/mol. The zero-order valence-electron chi connectivity index (χ0n) is 31.0. The van der Waals surface area contributed by atoms with Crippen LogP contribution in [0.1, 0.15) is 58.6 Å². The third kappa shape index (κ3) is 8.81. The van der Waals surface area contributed by atoms with E-state index in [1.54, 1.807) is 39.4 Å². The van der Waals surface area contributed by atoms with E-state index in [-0.39, 0.29) is 35.5 Å². The first-order valence-electron chi connectivity index (χ1n) is 18.2. The summed E-state index contributed by atoms with van der Waals surface area (Å²) in [5, 5.41) is 0. The number of nitrogens with zero attached hydrogens (tertiary/aromatic N) is 8. The number of hydrogen-bond donors (Lipinski definition) is 1. The van der Waals surface area contributed by atoms with Gasteiger partial charge in [0, 0.05) is 70.0 Å². The van der Waals surface area contributed by atoms with Gasteiger partial charge in [-0.05, 0) is 45.7 Å². The van der Waals surface area contributed by atoms with Gasteiger partial charge in [-0.1, -0.05) is 12.8 Å². The molecule has 1 aliphatic carbocycles. The maximum atomic E-state index is 14.0. The quantitative estimate of drug-likeness (QED) is 0.152. The largest absolute Gasteiger partial charge is 0.478 e. The number of ether oxygens (including phenoxy) is 3. The van der Waals surface area contributed by atoms with E-state index in [0.29, 0.717) is 61.1 Å². The number of aromatic amines is 1. The number of methoxy groups -OCH3 is 1. The number of pyridine rings is 2. The van der Waals surface area contributed by atoms with Crippen molar-refractivity contribution in [1.29, 1.82) is 0 Å². The number of carbonyl (C=O) groups is 1. The number of H-pyrrole nitrogens is 1. The van der Waals surface area contributed by atoms with E-state index in [2.05, 4.69) is 31.6 Å². The van der Waals surface area contributed by atoms with Crippen LogP contribution in [-0.4, -0.2) is 114 Å². The molecule has 0 radical (unpaired) electrons. The summed E-state index contributed by atoms with van der Waals surface area (Å²) < 4.78 is 58.0.